The van der Waals surface area contributed by atoms with Crippen molar-refractivity contribution in [3.63, 3.8) is 0 Å². The van der Waals surface area contributed by atoms with Crippen LogP contribution in [0, 0.1) is 21.7 Å². The van der Waals surface area contributed by atoms with E-state index in [4.69, 9.17) is 0 Å². The third-order valence-corrected chi connectivity index (χ3v) is 5.98. The summed E-state index contributed by atoms with van der Waals surface area (Å²) >= 11 is 0. The van der Waals surface area contributed by atoms with Crippen LogP contribution in [0.2, 0.25) is 0 Å². The summed E-state index contributed by atoms with van der Waals surface area (Å²) in [5, 5.41) is 0. The van der Waals surface area contributed by atoms with Crippen molar-refractivity contribution >= 4 is 0 Å². The molecule has 0 aromatic carbocycles. The summed E-state index contributed by atoms with van der Waals surface area (Å²) in [4.78, 5) is 2.51. The highest BCUT2D eigenvalue weighted by atomic mass is 15.1. The van der Waals surface area contributed by atoms with E-state index in [9.17, 15) is 0 Å². The van der Waals surface area contributed by atoms with Crippen molar-refractivity contribution in [3.05, 3.63) is 0 Å². The van der Waals surface area contributed by atoms with Gasteiger partial charge in [0.05, 0.1) is 0 Å². The zero-order chi connectivity index (χ0) is 13.0. The SMILES string of the molecule is CN1CC(C)(C)C(C)(C)C(C)(C(C)(C)C)C1. The predicted octanol–water partition coefficient (Wildman–Crippen LogP) is 4.04. The van der Waals surface area contributed by atoms with Crippen molar-refractivity contribution in [2.24, 2.45) is 21.7 Å². The third-order valence-electron chi connectivity index (χ3n) is 5.98. The molecule has 1 atom stereocenters. The number of likely N-dealkylation sites (tertiary alicyclic amines) is 1. The first-order valence-electron chi connectivity index (χ1n) is 6.54. The molecule has 0 aromatic rings. The average molecular weight is 225 g/mol. The molecule has 0 N–H and O–H groups in total. The lowest BCUT2D eigenvalue weighted by Gasteiger charge is -2.64. The highest BCUT2D eigenvalue weighted by Gasteiger charge is 2.58. The van der Waals surface area contributed by atoms with Gasteiger partial charge in [0.1, 0.15) is 0 Å². The minimum atomic E-state index is 0.336. The van der Waals surface area contributed by atoms with Gasteiger partial charge in [-0.15, -0.1) is 0 Å². The van der Waals surface area contributed by atoms with E-state index >= 15 is 0 Å². The molecule has 1 fully saturated rings. The highest BCUT2D eigenvalue weighted by molar-refractivity contribution is 5.08. The second-order valence-electron chi connectivity index (χ2n) is 8.26. The van der Waals surface area contributed by atoms with E-state index in [0.29, 0.717) is 21.7 Å². The molecular formula is C15H31N. The molecule has 1 rings (SSSR count). The molecule has 1 aliphatic rings. The van der Waals surface area contributed by atoms with E-state index in [1.165, 1.54) is 13.1 Å². The average Bonchev–Trinajstić information content (AvgIpc) is 1.97. The fraction of sp³-hybridized carbons (Fsp3) is 1.00. The fourth-order valence-electron chi connectivity index (χ4n) is 3.59. The third kappa shape index (κ3) is 1.72. The van der Waals surface area contributed by atoms with Crippen LogP contribution in [0.4, 0.5) is 0 Å². The summed E-state index contributed by atoms with van der Waals surface area (Å²) in [7, 11) is 2.26. The van der Waals surface area contributed by atoms with Crippen LogP contribution < -0.4 is 0 Å². The van der Waals surface area contributed by atoms with Crippen molar-refractivity contribution in [2.75, 3.05) is 20.1 Å². The summed E-state index contributed by atoms with van der Waals surface area (Å²) in [5.74, 6) is 0. The van der Waals surface area contributed by atoms with E-state index in [0.717, 1.165) is 0 Å². The Morgan fingerprint density at radius 3 is 1.69 bits per heavy atom. The predicted molar refractivity (Wildman–Crippen MR) is 72.6 cm³/mol. The minimum absolute atomic E-state index is 0.336. The fourth-order valence-corrected chi connectivity index (χ4v) is 3.59. The molecule has 96 valence electrons. The van der Waals surface area contributed by atoms with E-state index in [2.05, 4.69) is 67.3 Å². The van der Waals surface area contributed by atoms with Gasteiger partial charge in [0, 0.05) is 13.1 Å². The molecule has 1 nitrogen and oxygen atoms in total. The first-order valence-corrected chi connectivity index (χ1v) is 6.54. The molecule has 16 heavy (non-hydrogen) atoms. The smallest absolute Gasteiger partial charge is 0.00429 e. The highest BCUT2D eigenvalue weighted by Crippen LogP contribution is 2.61. The lowest BCUT2D eigenvalue weighted by molar-refractivity contribution is -0.159. The Labute approximate surface area is 103 Å². The maximum atomic E-state index is 2.51. The largest absolute Gasteiger partial charge is 0.305 e. The molecule has 1 aliphatic heterocycles. The molecule has 1 heterocycles. The van der Waals surface area contributed by atoms with Crippen LogP contribution in [0.15, 0.2) is 0 Å². The second kappa shape index (κ2) is 3.48. The lowest BCUT2D eigenvalue weighted by Crippen LogP contribution is -2.64. The van der Waals surface area contributed by atoms with Crippen molar-refractivity contribution in [3.8, 4) is 0 Å². The van der Waals surface area contributed by atoms with Gasteiger partial charge in [-0.05, 0) is 28.7 Å². The summed E-state index contributed by atoms with van der Waals surface area (Å²) in [5.41, 5.74) is 1.39. The standard InChI is InChI=1S/C15H31N/c1-12(2,3)15(8)11-16(9)10-13(4,5)14(15,6)7/h10-11H2,1-9H3. The Bertz CT molecular complexity index is 270. The summed E-state index contributed by atoms with van der Waals surface area (Å²) in [6.45, 7) is 21.8. The van der Waals surface area contributed by atoms with Gasteiger partial charge in [0.25, 0.3) is 0 Å². The maximum Gasteiger partial charge on any atom is 0.00429 e. The van der Waals surface area contributed by atoms with Crippen LogP contribution in [-0.4, -0.2) is 25.0 Å². The maximum absolute atomic E-state index is 2.51. The molecule has 0 saturated carbocycles. The van der Waals surface area contributed by atoms with Gasteiger partial charge in [-0.1, -0.05) is 55.4 Å². The van der Waals surface area contributed by atoms with Crippen LogP contribution in [-0.2, 0) is 0 Å². The zero-order valence-electron chi connectivity index (χ0n) is 12.9. The topological polar surface area (TPSA) is 3.24 Å². The second-order valence-corrected chi connectivity index (χ2v) is 8.26. The van der Waals surface area contributed by atoms with Gasteiger partial charge >= 0.3 is 0 Å². The van der Waals surface area contributed by atoms with Crippen molar-refractivity contribution in [1.29, 1.82) is 0 Å². The number of hydrogen-bond donors (Lipinski definition) is 0. The van der Waals surface area contributed by atoms with E-state index in [1.54, 1.807) is 0 Å². The van der Waals surface area contributed by atoms with Gasteiger partial charge in [0.2, 0.25) is 0 Å². The van der Waals surface area contributed by atoms with Crippen LogP contribution in [0.1, 0.15) is 55.4 Å². The Hall–Kier alpha value is -0.0400. The summed E-state index contributed by atoms with van der Waals surface area (Å²) in [6, 6.07) is 0. The van der Waals surface area contributed by atoms with Crippen LogP contribution in [0.5, 0.6) is 0 Å². The Balaban J connectivity index is 3.27. The molecule has 1 unspecified atom stereocenters. The molecule has 0 bridgehead atoms. The number of piperidine rings is 1. The zero-order valence-corrected chi connectivity index (χ0v) is 12.9. The molecule has 0 amide bonds. The van der Waals surface area contributed by atoms with Crippen molar-refractivity contribution in [2.45, 2.75) is 55.4 Å². The van der Waals surface area contributed by atoms with E-state index in [1.807, 2.05) is 0 Å². The normalized spacial score (nSPS) is 35.1. The van der Waals surface area contributed by atoms with Crippen LogP contribution in [0.25, 0.3) is 0 Å². The molecule has 1 saturated heterocycles. The minimum Gasteiger partial charge on any atom is -0.305 e. The number of nitrogens with zero attached hydrogens (tertiary/aromatic N) is 1. The Kier molecular flexibility index (Phi) is 3.05. The van der Waals surface area contributed by atoms with Gasteiger partial charge in [-0.3, -0.25) is 0 Å². The monoisotopic (exact) mass is 225 g/mol. The van der Waals surface area contributed by atoms with E-state index in [-0.39, 0.29) is 0 Å². The first-order chi connectivity index (χ1) is 6.85. The van der Waals surface area contributed by atoms with Crippen LogP contribution >= 0.6 is 0 Å². The van der Waals surface area contributed by atoms with Gasteiger partial charge in [-0.2, -0.15) is 0 Å². The molecule has 0 spiro atoms. The van der Waals surface area contributed by atoms with Gasteiger partial charge in [0.15, 0.2) is 0 Å². The van der Waals surface area contributed by atoms with Crippen molar-refractivity contribution < 1.29 is 0 Å². The molecule has 1 heteroatoms. The number of hydrogen-bond acceptors (Lipinski definition) is 1. The Morgan fingerprint density at radius 1 is 0.875 bits per heavy atom. The molecule has 0 aliphatic carbocycles. The molecular weight excluding hydrogens is 194 g/mol. The van der Waals surface area contributed by atoms with Gasteiger partial charge in [-0.25, -0.2) is 0 Å². The summed E-state index contributed by atoms with van der Waals surface area (Å²) in [6.07, 6.45) is 0. The van der Waals surface area contributed by atoms with Gasteiger partial charge < -0.3 is 4.90 Å². The lowest BCUT2D eigenvalue weighted by atomic mass is 9.45. The quantitative estimate of drug-likeness (QED) is 0.601. The van der Waals surface area contributed by atoms with Crippen molar-refractivity contribution in [1.82, 2.24) is 4.90 Å². The Morgan fingerprint density at radius 2 is 1.31 bits per heavy atom. The first kappa shape index (κ1) is 14.0. The van der Waals surface area contributed by atoms with E-state index < -0.39 is 0 Å². The van der Waals surface area contributed by atoms with Crippen LogP contribution in [0.3, 0.4) is 0 Å². The molecule has 0 radical (unpaired) electrons. The number of rotatable bonds is 0. The molecule has 0 aromatic heterocycles. The summed E-state index contributed by atoms with van der Waals surface area (Å²) < 4.78 is 0.